The van der Waals surface area contributed by atoms with Crippen LogP contribution in [-0.2, 0) is 6.18 Å². The lowest BCUT2D eigenvalue weighted by atomic mass is 9.86. The highest BCUT2D eigenvalue weighted by Gasteiger charge is 2.31. The second-order valence-corrected chi connectivity index (χ2v) is 6.46. The van der Waals surface area contributed by atoms with Crippen LogP contribution in [0.4, 0.5) is 19.0 Å². The third-order valence-corrected chi connectivity index (χ3v) is 4.40. The minimum Gasteiger partial charge on any atom is -0.358 e. The molecule has 128 valence electrons. The second-order valence-electron chi connectivity index (χ2n) is 5.64. The van der Waals surface area contributed by atoms with Crippen LogP contribution < -0.4 is 16.2 Å². The number of nitrogens with zero attached hydrogens (tertiary/aromatic N) is 1. The maximum Gasteiger partial charge on any atom is 0.417 e. The Morgan fingerprint density at radius 2 is 2.04 bits per heavy atom. The van der Waals surface area contributed by atoms with Crippen molar-refractivity contribution in [3.63, 3.8) is 0 Å². The zero-order valence-corrected chi connectivity index (χ0v) is 14.1. The molecule has 1 heterocycles. The van der Waals surface area contributed by atoms with Crippen LogP contribution in [0.25, 0.3) is 0 Å². The van der Waals surface area contributed by atoms with Gasteiger partial charge in [-0.3, -0.25) is 10.9 Å². The number of hydrazine groups is 1. The van der Waals surface area contributed by atoms with E-state index in [-0.39, 0.29) is 10.8 Å². The van der Waals surface area contributed by atoms with Gasteiger partial charge in [-0.15, -0.1) is 0 Å². The lowest BCUT2D eigenvalue weighted by Crippen LogP contribution is -2.47. The van der Waals surface area contributed by atoms with Crippen molar-refractivity contribution in [2.24, 2.45) is 5.92 Å². The zero-order chi connectivity index (χ0) is 17.0. The smallest absolute Gasteiger partial charge is 0.358 e. The highest BCUT2D eigenvalue weighted by molar-refractivity contribution is 7.80. The maximum absolute atomic E-state index is 12.5. The summed E-state index contributed by atoms with van der Waals surface area (Å²) >= 11 is 11.0. The van der Waals surface area contributed by atoms with Crippen molar-refractivity contribution in [3.8, 4) is 0 Å². The molecule has 9 heteroatoms. The van der Waals surface area contributed by atoms with Crippen LogP contribution in [0.5, 0.6) is 0 Å². The number of thiocarbonyl (C=S) groups is 1. The number of rotatable bonds is 3. The van der Waals surface area contributed by atoms with Gasteiger partial charge >= 0.3 is 6.18 Å². The summed E-state index contributed by atoms with van der Waals surface area (Å²) in [6.07, 6.45) is 0.821. The number of aromatic nitrogens is 1. The third-order valence-electron chi connectivity index (χ3n) is 3.89. The first kappa shape index (κ1) is 18.1. The van der Waals surface area contributed by atoms with Crippen LogP contribution in [0.3, 0.4) is 0 Å². The van der Waals surface area contributed by atoms with Crippen LogP contribution >= 0.6 is 23.8 Å². The minimum absolute atomic E-state index is 0.0838. The summed E-state index contributed by atoms with van der Waals surface area (Å²) < 4.78 is 37.6. The number of pyridine rings is 1. The first-order chi connectivity index (χ1) is 10.8. The molecule has 3 N–H and O–H groups in total. The Morgan fingerprint density at radius 1 is 1.35 bits per heavy atom. The number of halogens is 4. The van der Waals surface area contributed by atoms with Gasteiger partial charge in [0.25, 0.3) is 0 Å². The van der Waals surface area contributed by atoms with Crippen molar-refractivity contribution < 1.29 is 13.2 Å². The lowest BCUT2D eigenvalue weighted by molar-refractivity contribution is -0.137. The molecule has 0 spiro atoms. The molecule has 1 aromatic heterocycles. The Labute approximate surface area is 143 Å². The molecule has 0 saturated heterocycles. The fraction of sp³-hybridized carbons (Fsp3) is 0.571. The number of hydrogen-bond donors (Lipinski definition) is 3. The van der Waals surface area contributed by atoms with Crippen LogP contribution in [0.15, 0.2) is 12.3 Å². The molecule has 4 nitrogen and oxygen atoms in total. The highest BCUT2D eigenvalue weighted by atomic mass is 35.5. The molecule has 1 aliphatic carbocycles. The van der Waals surface area contributed by atoms with Gasteiger partial charge < -0.3 is 5.32 Å². The summed E-state index contributed by atoms with van der Waals surface area (Å²) in [7, 11) is 0. The van der Waals surface area contributed by atoms with Crippen molar-refractivity contribution in [1.29, 1.82) is 0 Å². The van der Waals surface area contributed by atoms with Crippen LogP contribution in [0, 0.1) is 5.92 Å². The normalized spacial score (nSPS) is 21.6. The number of hydrogen-bond acceptors (Lipinski definition) is 3. The van der Waals surface area contributed by atoms with Crippen LogP contribution in [0.1, 0.15) is 38.2 Å². The van der Waals surface area contributed by atoms with Gasteiger partial charge in [-0.1, -0.05) is 31.4 Å². The first-order valence-corrected chi connectivity index (χ1v) is 8.11. The lowest BCUT2D eigenvalue weighted by Gasteiger charge is -2.30. The molecular weight excluding hydrogens is 349 g/mol. The van der Waals surface area contributed by atoms with E-state index in [1.165, 1.54) is 6.42 Å². The van der Waals surface area contributed by atoms with E-state index in [2.05, 4.69) is 28.1 Å². The number of anilines is 1. The molecular formula is C14H18ClF3N4S. The van der Waals surface area contributed by atoms with E-state index in [0.29, 0.717) is 17.1 Å². The second kappa shape index (κ2) is 7.53. The largest absolute Gasteiger partial charge is 0.417 e. The fourth-order valence-electron chi connectivity index (χ4n) is 2.54. The third kappa shape index (κ3) is 5.10. The predicted octanol–water partition coefficient (Wildman–Crippen LogP) is 4.12. The van der Waals surface area contributed by atoms with Crippen LogP contribution in [-0.4, -0.2) is 16.1 Å². The summed E-state index contributed by atoms with van der Waals surface area (Å²) in [6, 6.07) is 1.11. The standard InChI is InChI=1S/C14H18ClF3N4S/c1-8-4-2-3-5-11(8)20-13(23)22-21-12-10(15)6-9(7-19-12)14(16,17)18/h6-8,11H,2-5H2,1H3,(H,19,21)(H2,20,22,23)/t8-,11-/m1/s1. The van der Waals surface area contributed by atoms with Gasteiger partial charge in [0.15, 0.2) is 10.9 Å². The van der Waals surface area contributed by atoms with Crippen molar-refractivity contribution in [2.45, 2.75) is 44.8 Å². The number of nitrogens with one attached hydrogen (secondary N) is 3. The van der Waals surface area contributed by atoms with E-state index in [9.17, 15) is 13.2 Å². The van der Waals surface area contributed by atoms with E-state index in [1.54, 1.807) is 0 Å². The zero-order valence-electron chi connectivity index (χ0n) is 12.5. The van der Waals surface area contributed by atoms with Crippen molar-refractivity contribution in [1.82, 2.24) is 15.7 Å². The molecule has 1 fully saturated rings. The topological polar surface area (TPSA) is 49.0 Å². The molecule has 0 aromatic carbocycles. The SMILES string of the molecule is C[C@@H]1CCCC[C@H]1NC(=S)NNc1ncc(C(F)(F)F)cc1Cl. The maximum atomic E-state index is 12.5. The van der Waals surface area contributed by atoms with E-state index in [0.717, 1.165) is 31.5 Å². The summed E-state index contributed by atoms with van der Waals surface area (Å²) in [5.41, 5.74) is 4.44. The molecule has 0 bridgehead atoms. The van der Waals surface area contributed by atoms with E-state index in [1.807, 2.05) is 0 Å². The molecule has 0 unspecified atom stereocenters. The Balaban J connectivity index is 1.89. The molecule has 0 radical (unpaired) electrons. The summed E-state index contributed by atoms with van der Waals surface area (Å²) in [4.78, 5) is 3.67. The number of alkyl halides is 3. The Bertz CT molecular complexity index is 567. The van der Waals surface area contributed by atoms with Gasteiger partial charge in [0.2, 0.25) is 0 Å². The summed E-state index contributed by atoms with van der Waals surface area (Å²) in [6.45, 7) is 2.17. The minimum atomic E-state index is -4.48. The molecule has 23 heavy (non-hydrogen) atoms. The highest BCUT2D eigenvalue weighted by Crippen LogP contribution is 2.32. The summed E-state index contributed by atoms with van der Waals surface area (Å²) in [5.74, 6) is 0.608. The Hall–Kier alpha value is -1.28. The first-order valence-electron chi connectivity index (χ1n) is 7.32. The average Bonchev–Trinajstić information content (AvgIpc) is 2.47. The van der Waals surface area contributed by atoms with Crippen molar-refractivity contribution in [3.05, 3.63) is 22.8 Å². The predicted molar refractivity (Wildman–Crippen MR) is 88.2 cm³/mol. The quantitative estimate of drug-likeness (QED) is 0.555. The van der Waals surface area contributed by atoms with Gasteiger partial charge in [0.05, 0.1) is 10.6 Å². The Kier molecular flexibility index (Phi) is 5.91. The van der Waals surface area contributed by atoms with Gasteiger partial charge in [0, 0.05) is 12.2 Å². The van der Waals surface area contributed by atoms with Crippen LogP contribution in [0.2, 0.25) is 5.02 Å². The molecule has 1 aliphatic rings. The van der Waals surface area contributed by atoms with E-state index < -0.39 is 11.7 Å². The molecule has 2 rings (SSSR count). The van der Waals surface area contributed by atoms with Crippen molar-refractivity contribution >= 4 is 34.7 Å². The molecule has 0 amide bonds. The molecule has 1 saturated carbocycles. The fourth-order valence-corrected chi connectivity index (χ4v) is 2.95. The molecule has 0 aliphatic heterocycles. The van der Waals surface area contributed by atoms with E-state index >= 15 is 0 Å². The van der Waals surface area contributed by atoms with Gasteiger partial charge in [-0.05, 0) is 37.0 Å². The van der Waals surface area contributed by atoms with Gasteiger partial charge in [0.1, 0.15) is 0 Å². The van der Waals surface area contributed by atoms with Gasteiger partial charge in [-0.25, -0.2) is 4.98 Å². The average molecular weight is 367 g/mol. The van der Waals surface area contributed by atoms with Crippen molar-refractivity contribution in [2.75, 3.05) is 5.43 Å². The monoisotopic (exact) mass is 366 g/mol. The molecule has 1 aromatic rings. The Morgan fingerprint density at radius 3 is 2.65 bits per heavy atom. The van der Waals surface area contributed by atoms with Gasteiger partial charge in [-0.2, -0.15) is 13.2 Å². The summed E-state index contributed by atoms with van der Waals surface area (Å²) in [5, 5.41) is 3.43. The molecule has 2 atom stereocenters. The van der Waals surface area contributed by atoms with E-state index in [4.69, 9.17) is 23.8 Å².